The molecule has 0 unspecified atom stereocenters. The van der Waals surface area contributed by atoms with Crippen LogP contribution in [0, 0.1) is 0 Å². The first-order valence-electron chi connectivity index (χ1n) is 18.2. The van der Waals surface area contributed by atoms with E-state index in [4.69, 9.17) is 4.84 Å². The van der Waals surface area contributed by atoms with E-state index in [0.29, 0.717) is 74.1 Å². The minimum atomic E-state index is -0.746. The molecule has 0 bridgehead atoms. The first-order valence-corrected chi connectivity index (χ1v) is 19.2. The molecule has 1 saturated heterocycles. The van der Waals surface area contributed by atoms with Gasteiger partial charge in [-0.15, -0.1) is 16.8 Å². The number of carbonyl (C=O) groups excluding carboxylic acids is 7. The number of amides is 6. The van der Waals surface area contributed by atoms with E-state index in [2.05, 4.69) is 0 Å². The minimum absolute atomic E-state index is 0.0116. The zero-order chi connectivity index (χ0) is 37.5. The van der Waals surface area contributed by atoms with Gasteiger partial charge < -0.3 is 4.84 Å². The van der Waals surface area contributed by atoms with Crippen LogP contribution in [0.1, 0.15) is 114 Å². The number of benzene rings is 5. The molecule has 0 radical (unpaired) electrons. The molecule has 8 rings (SSSR count). The highest BCUT2D eigenvalue weighted by molar-refractivity contribution is 7.99. The molecule has 5 aromatic rings. The summed E-state index contributed by atoms with van der Waals surface area (Å²) in [6.07, 6.45) is 2.30. The molecule has 12 heteroatoms. The molecule has 3 aliphatic heterocycles. The number of rotatable bonds is 11. The fourth-order valence-corrected chi connectivity index (χ4v) is 9.55. The van der Waals surface area contributed by atoms with Gasteiger partial charge in [-0.05, 0) is 71.5 Å². The monoisotopic (exact) mass is 731 g/mol. The van der Waals surface area contributed by atoms with Gasteiger partial charge in [0.15, 0.2) is 0 Å². The minimum Gasteiger partial charge on any atom is -0.330 e. The Bertz CT molecular complexity index is 2440. The Kier molecular flexibility index (Phi) is 8.48. The van der Waals surface area contributed by atoms with Gasteiger partial charge >= 0.3 is 5.97 Å². The van der Waals surface area contributed by atoms with Gasteiger partial charge in [-0.25, -0.2) is 4.79 Å². The van der Waals surface area contributed by atoms with Gasteiger partial charge in [0.05, 0.1) is 6.42 Å². The van der Waals surface area contributed by atoms with Crippen LogP contribution in [0.2, 0.25) is 0 Å². The van der Waals surface area contributed by atoms with Gasteiger partial charge in [-0.3, -0.25) is 38.6 Å². The van der Waals surface area contributed by atoms with Crippen LogP contribution in [-0.4, -0.2) is 74.1 Å². The predicted molar refractivity (Wildman–Crippen MR) is 200 cm³/mol. The largest absolute Gasteiger partial charge is 0.334 e. The number of nitrogens with zero attached hydrogens (tertiary/aromatic N) is 3. The second-order valence-corrected chi connectivity index (χ2v) is 15.0. The van der Waals surface area contributed by atoms with Gasteiger partial charge in [0, 0.05) is 79.4 Å². The molecule has 0 N–H and O–H groups in total. The molecule has 1 fully saturated rings. The van der Waals surface area contributed by atoms with Crippen molar-refractivity contribution in [2.24, 2.45) is 0 Å². The average molecular weight is 732 g/mol. The number of fused-ring (bicyclic) bond motifs is 2. The normalized spacial score (nSPS) is 16.1. The van der Waals surface area contributed by atoms with Crippen LogP contribution in [0.3, 0.4) is 0 Å². The zero-order valence-corrected chi connectivity index (χ0v) is 30.7. The van der Waals surface area contributed by atoms with Gasteiger partial charge in [0.25, 0.3) is 35.4 Å². The highest BCUT2D eigenvalue weighted by atomic mass is 32.2. The maximum atomic E-state index is 14.3. The molecule has 6 amide bonds. The SMILES string of the molecule is CCC(CC)N1C(=O)c2ccc3c4ccc5c6c(cc(SCCC(=O)ON7C(=O)CCC7=O)c(c7ccc(c2c37)C1=O)c64)C(=O)N(C(CC)CC)C5=O. The summed E-state index contributed by atoms with van der Waals surface area (Å²) in [5, 5.41) is 6.13. The molecule has 0 spiro atoms. The molecule has 0 saturated carbocycles. The van der Waals surface area contributed by atoms with Crippen LogP contribution >= 0.6 is 11.8 Å². The third kappa shape index (κ3) is 4.98. The van der Waals surface area contributed by atoms with E-state index in [-0.39, 0.29) is 60.7 Å². The van der Waals surface area contributed by atoms with Crippen molar-refractivity contribution in [3.05, 3.63) is 64.7 Å². The van der Waals surface area contributed by atoms with Gasteiger partial charge in [-0.1, -0.05) is 45.9 Å². The van der Waals surface area contributed by atoms with Crippen molar-refractivity contribution < 1.29 is 38.4 Å². The lowest BCUT2D eigenvalue weighted by molar-refractivity contribution is -0.197. The van der Waals surface area contributed by atoms with E-state index in [1.54, 1.807) is 24.3 Å². The summed E-state index contributed by atoms with van der Waals surface area (Å²) in [7, 11) is 0. The fraction of sp³-hybridized carbons (Fsp3) is 0.341. The maximum Gasteiger partial charge on any atom is 0.334 e. The van der Waals surface area contributed by atoms with E-state index in [9.17, 15) is 33.6 Å². The van der Waals surface area contributed by atoms with E-state index in [1.165, 1.54) is 21.6 Å². The lowest BCUT2D eigenvalue weighted by Gasteiger charge is -2.35. The van der Waals surface area contributed by atoms with Crippen LogP contribution in [0.25, 0.3) is 43.1 Å². The molecule has 5 aromatic carbocycles. The summed E-state index contributed by atoms with van der Waals surface area (Å²) in [5.74, 6) is -3.10. The number of imide groups is 3. The first kappa shape index (κ1) is 34.7. The van der Waals surface area contributed by atoms with E-state index < -0.39 is 17.8 Å². The number of thioether (sulfide) groups is 1. The first-order chi connectivity index (χ1) is 25.6. The summed E-state index contributed by atoms with van der Waals surface area (Å²) in [5.41, 5.74) is 1.68. The summed E-state index contributed by atoms with van der Waals surface area (Å²) in [6, 6.07) is 12.2. The van der Waals surface area contributed by atoms with E-state index >= 15 is 0 Å². The van der Waals surface area contributed by atoms with E-state index in [1.807, 2.05) is 45.9 Å². The van der Waals surface area contributed by atoms with Crippen LogP contribution in [0.5, 0.6) is 0 Å². The number of carbonyl (C=O) groups is 7. The third-order valence-corrected chi connectivity index (χ3v) is 12.2. The van der Waals surface area contributed by atoms with Crippen molar-refractivity contribution in [3.63, 3.8) is 0 Å². The Morgan fingerprint density at radius 2 is 1.06 bits per heavy atom. The quantitative estimate of drug-likeness (QED) is 0.0589. The predicted octanol–water partition coefficient (Wildman–Crippen LogP) is 7.40. The number of hydrogen-bond donors (Lipinski definition) is 0. The van der Waals surface area contributed by atoms with Crippen molar-refractivity contribution in [3.8, 4) is 0 Å². The summed E-state index contributed by atoms with van der Waals surface area (Å²) in [6.45, 7) is 7.82. The van der Waals surface area contributed by atoms with Crippen molar-refractivity contribution in [1.29, 1.82) is 0 Å². The Morgan fingerprint density at radius 3 is 1.57 bits per heavy atom. The average Bonchev–Trinajstić information content (AvgIpc) is 3.47. The van der Waals surface area contributed by atoms with Crippen molar-refractivity contribution >= 4 is 96.3 Å². The van der Waals surface area contributed by atoms with Crippen LogP contribution in [0.4, 0.5) is 0 Å². The lowest BCUT2D eigenvalue weighted by Crippen LogP contribution is -2.46. The van der Waals surface area contributed by atoms with Crippen molar-refractivity contribution in [2.75, 3.05) is 5.75 Å². The summed E-state index contributed by atoms with van der Waals surface area (Å²) in [4.78, 5) is 102. The Labute approximate surface area is 308 Å². The standard InChI is InChI=1S/C41H37N3O8S/c1-5-20(6-2)42-38(48)25-12-9-22-23-10-13-27-35-28(41(51)43(40(27)50)21(7-3)8-4)19-29(53-18-17-32(47)52-44-30(45)15-16-31(44)46)36(37(23)35)24-11-14-26(39(42)49)34(25)33(22)24/h9-14,19-21H,5-8,15-18H2,1-4H3. The van der Waals surface area contributed by atoms with Crippen LogP contribution in [-0.2, 0) is 19.2 Å². The summed E-state index contributed by atoms with van der Waals surface area (Å²) < 4.78 is 0. The second-order valence-electron chi connectivity index (χ2n) is 13.8. The molecule has 53 heavy (non-hydrogen) atoms. The Morgan fingerprint density at radius 1 is 0.604 bits per heavy atom. The highest BCUT2D eigenvalue weighted by Gasteiger charge is 2.40. The lowest BCUT2D eigenvalue weighted by atomic mass is 9.81. The molecule has 3 heterocycles. The van der Waals surface area contributed by atoms with Gasteiger partial charge in [-0.2, -0.15) is 0 Å². The van der Waals surface area contributed by atoms with Crippen LogP contribution in [0.15, 0.2) is 47.4 Å². The molecule has 11 nitrogen and oxygen atoms in total. The zero-order valence-electron chi connectivity index (χ0n) is 29.9. The Balaban J connectivity index is 1.34. The molecule has 3 aliphatic rings. The van der Waals surface area contributed by atoms with Crippen molar-refractivity contribution in [1.82, 2.24) is 14.9 Å². The summed E-state index contributed by atoms with van der Waals surface area (Å²) >= 11 is 1.31. The molecular formula is C41H37N3O8S. The van der Waals surface area contributed by atoms with Gasteiger partial charge in [0.2, 0.25) is 0 Å². The fourth-order valence-electron chi connectivity index (χ4n) is 8.50. The topological polar surface area (TPSA) is 138 Å². The number of hydroxylamine groups is 2. The molecule has 270 valence electrons. The molecule has 0 atom stereocenters. The van der Waals surface area contributed by atoms with Crippen molar-refractivity contribution in [2.45, 2.75) is 89.6 Å². The smallest absolute Gasteiger partial charge is 0.330 e. The maximum absolute atomic E-state index is 14.3. The van der Waals surface area contributed by atoms with E-state index in [0.717, 1.165) is 26.9 Å². The highest BCUT2D eigenvalue weighted by Crippen LogP contribution is 2.49. The van der Waals surface area contributed by atoms with Crippen LogP contribution < -0.4 is 0 Å². The van der Waals surface area contributed by atoms with Gasteiger partial charge in [0.1, 0.15) is 0 Å². The number of hydrogen-bond acceptors (Lipinski definition) is 9. The molecule has 0 aliphatic carbocycles. The Hall–Kier alpha value is -5.36. The molecular weight excluding hydrogens is 695 g/mol. The third-order valence-electron chi connectivity index (χ3n) is 11.1. The second kappa shape index (κ2) is 12.9. The molecule has 0 aromatic heterocycles.